The topological polar surface area (TPSA) is 20.3 Å². The molecule has 1 saturated heterocycles. The fourth-order valence-corrected chi connectivity index (χ4v) is 4.61. The molecule has 0 saturated carbocycles. The van der Waals surface area contributed by atoms with Gasteiger partial charge in [0.1, 0.15) is 0 Å². The van der Waals surface area contributed by atoms with E-state index >= 15 is 0 Å². The van der Waals surface area contributed by atoms with Crippen LogP contribution in [0.1, 0.15) is 34.1 Å². The molecule has 1 aliphatic heterocycles. The van der Waals surface area contributed by atoms with Crippen LogP contribution in [-0.2, 0) is 0 Å². The first kappa shape index (κ1) is 12.7. The number of carbonyl (C=O) groups is 1. The molecule has 2 aromatic rings. The molecule has 0 atom stereocenters. The molecule has 3 rings (SSSR count). The summed E-state index contributed by atoms with van der Waals surface area (Å²) in [5, 5.41) is 0. The quantitative estimate of drug-likeness (QED) is 0.640. The first-order chi connectivity index (χ1) is 9.34. The Bertz CT molecular complexity index is 555. The summed E-state index contributed by atoms with van der Waals surface area (Å²) in [4.78, 5) is 14.8. The molecule has 98 valence electrons. The predicted octanol–water partition coefficient (Wildman–Crippen LogP) is 2.96. The Morgan fingerprint density at radius 2 is 1.68 bits per heavy atom. The number of anilines is 1. The predicted molar refractivity (Wildman–Crippen MR) is 79.3 cm³/mol. The average Bonchev–Trinajstić information content (AvgIpc) is 2.98. The molecule has 0 N–H and O–H groups in total. The third kappa shape index (κ3) is 2.83. The van der Waals surface area contributed by atoms with Crippen LogP contribution >= 0.6 is 0 Å². The maximum atomic E-state index is 12.4. The molecule has 1 fully saturated rings. The molecule has 1 aliphatic rings. The maximum absolute atomic E-state index is 12.4. The number of carbonyl (C=O) groups excluding carboxylic acids is 1. The van der Waals surface area contributed by atoms with Crippen molar-refractivity contribution in [2.45, 2.75) is 19.3 Å². The van der Waals surface area contributed by atoms with Crippen molar-refractivity contribution < 1.29 is 4.79 Å². The molecule has 0 unspecified atom stereocenters. The zero-order valence-electron chi connectivity index (χ0n) is 10.8. The second kappa shape index (κ2) is 5.77. The van der Waals surface area contributed by atoms with Gasteiger partial charge in [-0.05, 0) is 0 Å². The van der Waals surface area contributed by atoms with Crippen molar-refractivity contribution in [3.63, 3.8) is 0 Å². The summed E-state index contributed by atoms with van der Waals surface area (Å²) in [5.74, 6) is 0.198. The van der Waals surface area contributed by atoms with Crippen molar-refractivity contribution in [2.24, 2.45) is 0 Å². The van der Waals surface area contributed by atoms with Crippen LogP contribution < -0.4 is 4.90 Å². The van der Waals surface area contributed by atoms with Crippen LogP contribution in [0.25, 0.3) is 0 Å². The zero-order chi connectivity index (χ0) is 13.1. The van der Waals surface area contributed by atoms with Crippen molar-refractivity contribution >= 4 is 24.8 Å². The van der Waals surface area contributed by atoms with Gasteiger partial charge >= 0.3 is 119 Å². The van der Waals surface area contributed by atoms with E-state index in [1.165, 1.54) is 23.8 Å². The third-order valence-corrected chi connectivity index (χ3v) is 5.92. The average molecular weight is 318 g/mol. The Kier molecular flexibility index (Phi) is 3.86. The molecule has 0 bridgehead atoms. The number of benzene rings is 1. The molecule has 0 aliphatic carbocycles. The van der Waals surface area contributed by atoms with Crippen LogP contribution in [0, 0.1) is 0 Å². The van der Waals surface area contributed by atoms with Crippen LogP contribution in [-0.4, -0.2) is 33.4 Å². The summed E-state index contributed by atoms with van der Waals surface area (Å²) in [6, 6.07) is 13.8. The van der Waals surface area contributed by atoms with Gasteiger partial charge in [0.2, 0.25) is 0 Å². The normalized spacial score (nSPS) is 15.5. The fraction of sp³-hybridized carbons (Fsp3) is 0.312. The molecular formula is C16H17NOSe. The zero-order valence-corrected chi connectivity index (χ0v) is 12.6. The minimum atomic E-state index is 0.185. The third-order valence-electron chi connectivity index (χ3n) is 3.52. The number of rotatable bonds is 3. The van der Waals surface area contributed by atoms with E-state index in [0.29, 0.717) is 0 Å². The van der Waals surface area contributed by atoms with E-state index in [-0.39, 0.29) is 20.3 Å². The Morgan fingerprint density at radius 3 is 2.42 bits per heavy atom. The molecule has 2 nitrogen and oxygen atoms in total. The second-order valence-corrected chi connectivity index (χ2v) is 7.11. The summed E-state index contributed by atoms with van der Waals surface area (Å²) in [5.41, 5.74) is 0.809. The second-order valence-electron chi connectivity index (χ2n) is 4.88. The number of hydrogen-bond donors (Lipinski definition) is 0. The van der Waals surface area contributed by atoms with Crippen LogP contribution in [0.5, 0.6) is 0 Å². The molecule has 3 heteroatoms. The molecule has 0 radical (unpaired) electrons. The molecular weight excluding hydrogens is 301 g/mol. The first-order valence-electron chi connectivity index (χ1n) is 6.79. The van der Waals surface area contributed by atoms with E-state index in [1.54, 1.807) is 0 Å². The van der Waals surface area contributed by atoms with Crippen LogP contribution in [0.2, 0.25) is 0 Å². The van der Waals surface area contributed by atoms with E-state index in [0.717, 1.165) is 23.1 Å². The number of ketones is 1. The Morgan fingerprint density at radius 1 is 0.947 bits per heavy atom. The van der Waals surface area contributed by atoms with Gasteiger partial charge in [-0.25, -0.2) is 0 Å². The SMILES string of the molecule is O=C(c1ccccc1)c1ccc(N2CCCCC2)[se]1. The van der Waals surface area contributed by atoms with Crippen molar-refractivity contribution in [1.82, 2.24) is 0 Å². The number of piperidine rings is 1. The van der Waals surface area contributed by atoms with Crippen molar-refractivity contribution in [1.29, 1.82) is 0 Å². The number of hydrogen-bond acceptors (Lipinski definition) is 2. The molecule has 2 heterocycles. The van der Waals surface area contributed by atoms with Gasteiger partial charge in [-0.2, -0.15) is 0 Å². The van der Waals surface area contributed by atoms with Crippen LogP contribution in [0.4, 0.5) is 4.56 Å². The summed E-state index contributed by atoms with van der Waals surface area (Å²) in [7, 11) is 0. The fourth-order valence-electron chi connectivity index (χ4n) is 2.47. The molecule has 0 amide bonds. The Labute approximate surface area is 119 Å². The monoisotopic (exact) mass is 319 g/mol. The summed E-state index contributed by atoms with van der Waals surface area (Å²) in [6.07, 6.45) is 3.92. The van der Waals surface area contributed by atoms with Gasteiger partial charge in [-0.1, -0.05) is 0 Å². The van der Waals surface area contributed by atoms with Gasteiger partial charge in [0.25, 0.3) is 0 Å². The first-order valence-corrected chi connectivity index (χ1v) is 8.50. The number of nitrogens with zero attached hydrogens (tertiary/aromatic N) is 1. The van der Waals surface area contributed by atoms with Gasteiger partial charge in [-0.3, -0.25) is 0 Å². The van der Waals surface area contributed by atoms with Crippen LogP contribution in [0.15, 0.2) is 42.5 Å². The minimum absolute atomic E-state index is 0.185. The summed E-state index contributed by atoms with van der Waals surface area (Å²) in [6.45, 7) is 2.32. The van der Waals surface area contributed by atoms with E-state index in [4.69, 9.17) is 0 Å². The van der Waals surface area contributed by atoms with Gasteiger partial charge in [0, 0.05) is 0 Å². The van der Waals surface area contributed by atoms with E-state index in [1.807, 2.05) is 36.4 Å². The molecule has 1 aromatic heterocycles. The van der Waals surface area contributed by atoms with Crippen LogP contribution in [0.3, 0.4) is 0 Å². The van der Waals surface area contributed by atoms with Gasteiger partial charge < -0.3 is 0 Å². The van der Waals surface area contributed by atoms with Gasteiger partial charge in [-0.15, -0.1) is 0 Å². The summed E-state index contributed by atoms with van der Waals surface area (Å²) < 4.78 is 2.37. The Hall–Kier alpha value is -1.31. The molecule has 19 heavy (non-hydrogen) atoms. The molecule has 0 spiro atoms. The van der Waals surface area contributed by atoms with E-state index in [2.05, 4.69) is 11.0 Å². The van der Waals surface area contributed by atoms with Crippen molar-refractivity contribution in [3.8, 4) is 0 Å². The summed E-state index contributed by atoms with van der Waals surface area (Å²) >= 11 is 0.185. The standard InChI is InChI=1S/C16H17NOSe/c18-16(13-7-3-1-4-8-13)14-9-10-15(19-14)17-11-5-2-6-12-17/h1,3-4,7-10H,2,5-6,11-12H2. The van der Waals surface area contributed by atoms with E-state index < -0.39 is 0 Å². The van der Waals surface area contributed by atoms with Crippen molar-refractivity contribution in [3.05, 3.63) is 52.5 Å². The van der Waals surface area contributed by atoms with Crippen molar-refractivity contribution in [2.75, 3.05) is 18.0 Å². The van der Waals surface area contributed by atoms with E-state index in [9.17, 15) is 4.79 Å². The van der Waals surface area contributed by atoms with Gasteiger partial charge in [0.05, 0.1) is 0 Å². The van der Waals surface area contributed by atoms with Gasteiger partial charge in [0.15, 0.2) is 0 Å². The molecule has 1 aromatic carbocycles. The Balaban J connectivity index is 1.79.